The van der Waals surface area contributed by atoms with Gasteiger partial charge < -0.3 is 30.7 Å². The van der Waals surface area contributed by atoms with Gasteiger partial charge in [-0.3, -0.25) is 9.69 Å². The quantitative estimate of drug-likeness (QED) is 0.360. The summed E-state index contributed by atoms with van der Waals surface area (Å²) in [5, 5.41) is 34.9. The number of likely N-dealkylation sites (tertiary alicyclic amines) is 1. The van der Waals surface area contributed by atoms with Crippen molar-refractivity contribution in [1.82, 2.24) is 15.5 Å². The lowest BCUT2D eigenvalue weighted by Gasteiger charge is -2.29. The number of ether oxygens (including phenoxy) is 1. The molecule has 1 fully saturated rings. The second kappa shape index (κ2) is 9.33. The molecule has 2 amide bonds. The molecule has 1 aliphatic rings. The number of aliphatic hydroxyl groups is 3. The number of amides is 2. The third-order valence-electron chi connectivity index (χ3n) is 4.11. The lowest BCUT2D eigenvalue weighted by Crippen LogP contribution is -2.44. The highest BCUT2D eigenvalue weighted by Crippen LogP contribution is 2.27. The molecule has 0 aromatic rings. The maximum atomic E-state index is 11.6. The van der Waals surface area contributed by atoms with Gasteiger partial charge in [-0.1, -0.05) is 0 Å². The van der Waals surface area contributed by atoms with Crippen molar-refractivity contribution in [3.8, 4) is 0 Å². The van der Waals surface area contributed by atoms with Crippen LogP contribution in [0, 0.1) is 0 Å². The molecule has 0 spiro atoms. The summed E-state index contributed by atoms with van der Waals surface area (Å²) >= 11 is 0. The summed E-state index contributed by atoms with van der Waals surface area (Å²) in [6.07, 6.45) is -2.23. The number of rotatable bonds is 7. The van der Waals surface area contributed by atoms with E-state index in [1.54, 1.807) is 25.7 Å². The molecule has 0 bridgehead atoms. The van der Waals surface area contributed by atoms with E-state index < -0.39 is 36.0 Å². The second-order valence-electron chi connectivity index (χ2n) is 7.20. The Bertz CT molecular complexity index is 454. The van der Waals surface area contributed by atoms with Crippen LogP contribution in [0.15, 0.2) is 0 Å². The van der Waals surface area contributed by atoms with Crippen molar-refractivity contribution in [2.45, 2.75) is 63.5 Å². The highest BCUT2D eigenvalue weighted by Gasteiger charge is 2.47. The van der Waals surface area contributed by atoms with Crippen LogP contribution in [0.3, 0.4) is 0 Å². The van der Waals surface area contributed by atoms with Gasteiger partial charge in [-0.05, 0) is 27.2 Å². The van der Waals surface area contributed by atoms with Gasteiger partial charge in [0.15, 0.2) is 0 Å². The highest BCUT2D eigenvalue weighted by molar-refractivity contribution is 5.76. The number of alkyl carbamates (subject to hydrolysis) is 1. The molecule has 1 saturated heterocycles. The van der Waals surface area contributed by atoms with Crippen LogP contribution in [0.25, 0.3) is 0 Å². The third-order valence-corrected chi connectivity index (χ3v) is 4.11. The average Bonchev–Trinajstić information content (AvgIpc) is 2.73. The summed E-state index contributed by atoms with van der Waals surface area (Å²) in [6, 6.07) is -1.24. The zero-order valence-corrected chi connectivity index (χ0v) is 15.4. The minimum atomic E-state index is -1.13. The summed E-state index contributed by atoms with van der Waals surface area (Å²) in [5.74, 6) is -0.258. The van der Waals surface area contributed by atoms with Crippen molar-refractivity contribution in [3.63, 3.8) is 0 Å². The van der Waals surface area contributed by atoms with E-state index >= 15 is 0 Å². The van der Waals surface area contributed by atoms with Crippen LogP contribution in [0.4, 0.5) is 4.79 Å². The maximum absolute atomic E-state index is 11.6. The fourth-order valence-electron chi connectivity index (χ4n) is 2.93. The summed E-state index contributed by atoms with van der Waals surface area (Å²) < 4.78 is 5.14. The Balaban J connectivity index is 2.56. The molecule has 9 nitrogen and oxygen atoms in total. The lowest BCUT2D eigenvalue weighted by atomic mass is 10.1. The summed E-state index contributed by atoms with van der Waals surface area (Å²) in [7, 11) is 1.50. The largest absolute Gasteiger partial charge is 0.444 e. The van der Waals surface area contributed by atoms with Gasteiger partial charge in [-0.15, -0.1) is 0 Å². The molecule has 0 aliphatic carbocycles. The van der Waals surface area contributed by atoms with Crippen molar-refractivity contribution in [3.05, 3.63) is 0 Å². The normalized spacial score (nSPS) is 27.2. The molecule has 0 radical (unpaired) electrons. The molecule has 0 saturated carbocycles. The summed E-state index contributed by atoms with van der Waals surface area (Å²) in [4.78, 5) is 25.0. The molecule has 25 heavy (non-hydrogen) atoms. The van der Waals surface area contributed by atoms with Crippen molar-refractivity contribution < 1.29 is 29.6 Å². The molecule has 1 aliphatic heterocycles. The van der Waals surface area contributed by atoms with E-state index in [1.165, 1.54) is 7.05 Å². The predicted octanol–water partition coefficient (Wildman–Crippen LogP) is -1.20. The highest BCUT2D eigenvalue weighted by atomic mass is 16.6. The third kappa shape index (κ3) is 6.43. The van der Waals surface area contributed by atoms with Gasteiger partial charge in [0.25, 0.3) is 0 Å². The minimum Gasteiger partial charge on any atom is -0.444 e. The Kier molecular flexibility index (Phi) is 8.07. The standard InChI is InChI=1S/C16H31N3O6/c1-16(2,3)25-15(24)18-6-5-7-19-10(8-12(21)17-4)13(22)14(23)11(19)9-20/h10-11,13-14,20,22-23H,5-9H2,1-4H3,(H,17,21)(H,18,24)/t10-,11-,13+,14-/m1/s1. The van der Waals surface area contributed by atoms with Crippen LogP contribution in [-0.4, -0.2) is 88.9 Å². The van der Waals surface area contributed by atoms with Crippen LogP contribution in [-0.2, 0) is 9.53 Å². The van der Waals surface area contributed by atoms with Gasteiger partial charge in [0, 0.05) is 32.6 Å². The first-order valence-electron chi connectivity index (χ1n) is 8.51. The second-order valence-corrected chi connectivity index (χ2v) is 7.20. The Labute approximate surface area is 148 Å². The first kappa shape index (κ1) is 21.6. The van der Waals surface area contributed by atoms with E-state index in [2.05, 4.69) is 10.6 Å². The summed E-state index contributed by atoms with van der Waals surface area (Å²) in [6.45, 7) is 5.72. The van der Waals surface area contributed by atoms with E-state index in [9.17, 15) is 24.9 Å². The van der Waals surface area contributed by atoms with Crippen molar-refractivity contribution in [2.24, 2.45) is 0 Å². The smallest absolute Gasteiger partial charge is 0.407 e. The Morgan fingerprint density at radius 2 is 1.76 bits per heavy atom. The minimum absolute atomic E-state index is 0.0186. The van der Waals surface area contributed by atoms with Crippen LogP contribution in [0.2, 0.25) is 0 Å². The van der Waals surface area contributed by atoms with Crippen molar-refractivity contribution in [2.75, 3.05) is 26.7 Å². The molecular weight excluding hydrogens is 330 g/mol. The fourth-order valence-corrected chi connectivity index (χ4v) is 2.93. The number of nitrogens with zero attached hydrogens (tertiary/aromatic N) is 1. The molecule has 4 atom stereocenters. The molecule has 0 aromatic carbocycles. The number of nitrogens with one attached hydrogen (secondary N) is 2. The predicted molar refractivity (Wildman–Crippen MR) is 90.9 cm³/mol. The molecule has 0 aromatic heterocycles. The topological polar surface area (TPSA) is 131 Å². The molecule has 146 valence electrons. The van der Waals surface area contributed by atoms with Crippen LogP contribution in [0.5, 0.6) is 0 Å². The van der Waals surface area contributed by atoms with Gasteiger partial charge in [0.05, 0.1) is 24.9 Å². The molecule has 5 N–H and O–H groups in total. The molecule has 0 unspecified atom stereocenters. The van der Waals surface area contributed by atoms with Gasteiger partial charge in [0.2, 0.25) is 5.91 Å². The van der Waals surface area contributed by atoms with E-state index in [0.717, 1.165) is 0 Å². The van der Waals surface area contributed by atoms with Gasteiger partial charge >= 0.3 is 6.09 Å². The monoisotopic (exact) mass is 361 g/mol. The van der Waals surface area contributed by atoms with Gasteiger partial charge in [0.1, 0.15) is 5.60 Å². The SMILES string of the molecule is CNC(=O)C[C@@H]1[C@H](O)[C@H](O)[C@@H](CO)N1CCCNC(=O)OC(C)(C)C. The lowest BCUT2D eigenvalue weighted by molar-refractivity contribution is -0.122. The first-order chi connectivity index (χ1) is 11.6. The van der Waals surface area contributed by atoms with E-state index in [1.807, 2.05) is 0 Å². The van der Waals surface area contributed by atoms with Gasteiger partial charge in [-0.25, -0.2) is 4.79 Å². The number of hydrogen-bond acceptors (Lipinski definition) is 7. The Hall–Kier alpha value is -1.42. The average molecular weight is 361 g/mol. The van der Waals surface area contributed by atoms with Crippen molar-refractivity contribution in [1.29, 1.82) is 0 Å². The number of carbonyl (C=O) groups is 2. The number of carbonyl (C=O) groups excluding carboxylic acids is 2. The zero-order chi connectivity index (χ0) is 19.2. The van der Waals surface area contributed by atoms with Crippen LogP contribution >= 0.6 is 0 Å². The van der Waals surface area contributed by atoms with Gasteiger partial charge in [-0.2, -0.15) is 0 Å². The fraction of sp³-hybridized carbons (Fsp3) is 0.875. The molecule has 9 heteroatoms. The van der Waals surface area contributed by atoms with E-state index in [4.69, 9.17) is 4.74 Å². The van der Waals surface area contributed by atoms with Crippen LogP contribution < -0.4 is 10.6 Å². The van der Waals surface area contributed by atoms with E-state index in [-0.39, 0.29) is 18.9 Å². The molecular formula is C16H31N3O6. The molecule has 1 rings (SSSR count). The number of hydrogen-bond donors (Lipinski definition) is 5. The summed E-state index contributed by atoms with van der Waals surface area (Å²) in [5.41, 5.74) is -0.576. The maximum Gasteiger partial charge on any atom is 0.407 e. The Morgan fingerprint density at radius 1 is 1.16 bits per heavy atom. The van der Waals surface area contributed by atoms with Crippen LogP contribution in [0.1, 0.15) is 33.6 Å². The zero-order valence-electron chi connectivity index (χ0n) is 15.4. The van der Waals surface area contributed by atoms with Crippen molar-refractivity contribution >= 4 is 12.0 Å². The first-order valence-corrected chi connectivity index (χ1v) is 8.51. The molecule has 1 heterocycles. The number of aliphatic hydroxyl groups excluding tert-OH is 3. The van der Waals surface area contributed by atoms with E-state index in [0.29, 0.717) is 19.5 Å². The Morgan fingerprint density at radius 3 is 2.28 bits per heavy atom.